The molecule has 0 amide bonds. The van der Waals surface area contributed by atoms with E-state index < -0.39 is 0 Å². The summed E-state index contributed by atoms with van der Waals surface area (Å²) in [6.45, 7) is 0.690. The van der Waals surface area contributed by atoms with Crippen LogP contribution >= 0.6 is 11.3 Å². The van der Waals surface area contributed by atoms with Crippen molar-refractivity contribution in [2.45, 2.75) is 6.54 Å². The third-order valence-corrected chi connectivity index (χ3v) is 2.39. The maximum absolute atomic E-state index is 9.07. The Morgan fingerprint density at radius 3 is 2.71 bits per heavy atom. The lowest BCUT2D eigenvalue weighted by molar-refractivity contribution is 0.475. The van der Waals surface area contributed by atoms with Crippen LogP contribution in [0.2, 0.25) is 0 Å². The van der Waals surface area contributed by atoms with Gasteiger partial charge in [-0.05, 0) is 17.7 Å². The maximum Gasteiger partial charge on any atom is 0.205 e. The second-order valence-corrected chi connectivity index (χ2v) is 3.60. The van der Waals surface area contributed by atoms with Crippen LogP contribution < -0.4 is 5.32 Å². The molecule has 2 rings (SSSR count). The fourth-order valence-electron chi connectivity index (χ4n) is 1.04. The van der Waals surface area contributed by atoms with Gasteiger partial charge in [-0.25, -0.2) is 0 Å². The Balaban J connectivity index is 1.95. The molecule has 4 nitrogen and oxygen atoms in total. The number of benzene rings is 1. The molecule has 0 aliphatic rings. The number of aromatic hydroxyl groups is 1. The molecule has 5 heteroatoms. The first-order valence-corrected chi connectivity index (χ1v) is 5.00. The van der Waals surface area contributed by atoms with Crippen molar-refractivity contribution in [2.24, 2.45) is 0 Å². The van der Waals surface area contributed by atoms with Crippen molar-refractivity contribution in [1.82, 2.24) is 10.2 Å². The van der Waals surface area contributed by atoms with Crippen molar-refractivity contribution < 1.29 is 5.11 Å². The molecule has 0 saturated carbocycles. The van der Waals surface area contributed by atoms with Gasteiger partial charge < -0.3 is 10.4 Å². The summed E-state index contributed by atoms with van der Waals surface area (Å²) >= 11 is 1.46. The second-order valence-electron chi connectivity index (χ2n) is 2.76. The quantitative estimate of drug-likeness (QED) is 0.806. The molecule has 2 aromatic rings. The Morgan fingerprint density at radius 2 is 2.07 bits per heavy atom. The van der Waals surface area contributed by atoms with E-state index in [9.17, 15) is 0 Å². The first-order chi connectivity index (χ1) is 6.84. The Hall–Kier alpha value is -1.62. The van der Waals surface area contributed by atoms with E-state index in [-0.39, 0.29) is 5.75 Å². The van der Waals surface area contributed by atoms with E-state index in [1.54, 1.807) is 17.6 Å². The number of rotatable bonds is 3. The van der Waals surface area contributed by atoms with Crippen molar-refractivity contribution in [2.75, 3.05) is 5.32 Å². The molecule has 0 radical (unpaired) electrons. The molecule has 0 fully saturated rings. The zero-order valence-electron chi connectivity index (χ0n) is 7.34. The molecular formula is C9H9N3OS. The third kappa shape index (κ3) is 2.20. The summed E-state index contributed by atoms with van der Waals surface area (Å²) in [4.78, 5) is 0. The standard InChI is InChI=1S/C9H9N3OS/c13-8-3-1-7(2-4-8)5-10-9-12-11-6-14-9/h1-4,6,13H,5H2,(H,10,12). The van der Waals surface area contributed by atoms with E-state index in [1.807, 2.05) is 12.1 Å². The van der Waals surface area contributed by atoms with Gasteiger partial charge in [0.2, 0.25) is 5.13 Å². The van der Waals surface area contributed by atoms with Crippen LogP contribution in [0.5, 0.6) is 5.75 Å². The minimum Gasteiger partial charge on any atom is -0.508 e. The molecule has 0 atom stereocenters. The smallest absolute Gasteiger partial charge is 0.205 e. The average molecular weight is 207 g/mol. The van der Waals surface area contributed by atoms with Gasteiger partial charge in [0.1, 0.15) is 11.3 Å². The molecular weight excluding hydrogens is 198 g/mol. The van der Waals surface area contributed by atoms with Gasteiger partial charge in [0.05, 0.1) is 0 Å². The van der Waals surface area contributed by atoms with Crippen molar-refractivity contribution in [3.05, 3.63) is 35.3 Å². The summed E-state index contributed by atoms with van der Waals surface area (Å²) in [6.07, 6.45) is 0. The molecule has 0 bridgehead atoms. The van der Waals surface area contributed by atoms with Gasteiger partial charge in [0.25, 0.3) is 0 Å². The highest BCUT2D eigenvalue weighted by Gasteiger charge is 1.96. The summed E-state index contributed by atoms with van der Waals surface area (Å²) in [5, 5.41) is 20.6. The van der Waals surface area contributed by atoms with Gasteiger partial charge in [-0.1, -0.05) is 23.5 Å². The highest BCUT2D eigenvalue weighted by molar-refractivity contribution is 7.13. The summed E-state index contributed by atoms with van der Waals surface area (Å²) < 4.78 is 0. The van der Waals surface area contributed by atoms with Crippen LogP contribution in [0.25, 0.3) is 0 Å². The fraction of sp³-hybridized carbons (Fsp3) is 0.111. The minimum absolute atomic E-state index is 0.282. The Morgan fingerprint density at radius 1 is 1.29 bits per heavy atom. The molecule has 1 aromatic heterocycles. The first kappa shape index (κ1) is 8.96. The van der Waals surface area contributed by atoms with E-state index in [1.165, 1.54) is 11.3 Å². The number of aromatic nitrogens is 2. The van der Waals surface area contributed by atoms with Crippen molar-refractivity contribution in [3.63, 3.8) is 0 Å². The summed E-state index contributed by atoms with van der Waals surface area (Å²) in [5.74, 6) is 0.282. The third-order valence-electron chi connectivity index (χ3n) is 1.74. The molecule has 72 valence electrons. The Labute approximate surface area is 85.2 Å². The lowest BCUT2D eigenvalue weighted by Gasteiger charge is -2.01. The molecule has 1 aromatic carbocycles. The molecule has 0 aliphatic heterocycles. The van der Waals surface area contributed by atoms with E-state index >= 15 is 0 Å². The summed E-state index contributed by atoms with van der Waals surface area (Å²) in [5.41, 5.74) is 2.78. The van der Waals surface area contributed by atoms with Crippen LogP contribution in [0, 0.1) is 0 Å². The highest BCUT2D eigenvalue weighted by atomic mass is 32.1. The number of phenolic OH excluding ortho intramolecular Hbond substituents is 1. The van der Waals surface area contributed by atoms with Crippen LogP contribution in [0.15, 0.2) is 29.8 Å². The predicted octanol–water partition coefficient (Wildman–Crippen LogP) is 1.86. The van der Waals surface area contributed by atoms with Gasteiger partial charge in [0.15, 0.2) is 0 Å². The van der Waals surface area contributed by atoms with Crippen LogP contribution in [-0.4, -0.2) is 15.3 Å². The highest BCUT2D eigenvalue weighted by Crippen LogP contribution is 2.13. The van der Waals surface area contributed by atoms with E-state index in [0.29, 0.717) is 6.54 Å². The summed E-state index contributed by atoms with van der Waals surface area (Å²) in [6, 6.07) is 7.06. The molecule has 14 heavy (non-hydrogen) atoms. The predicted molar refractivity (Wildman–Crippen MR) is 55.3 cm³/mol. The number of hydrogen-bond acceptors (Lipinski definition) is 5. The number of phenols is 1. The zero-order chi connectivity index (χ0) is 9.80. The molecule has 0 unspecified atom stereocenters. The van der Waals surface area contributed by atoms with Crippen molar-refractivity contribution >= 4 is 16.5 Å². The number of hydrogen-bond donors (Lipinski definition) is 2. The molecule has 0 saturated heterocycles. The minimum atomic E-state index is 0.282. The van der Waals surface area contributed by atoms with E-state index in [2.05, 4.69) is 15.5 Å². The Bertz CT molecular complexity index is 385. The molecule has 0 aliphatic carbocycles. The molecule has 0 spiro atoms. The fourth-order valence-corrected chi connectivity index (χ4v) is 1.49. The zero-order valence-corrected chi connectivity index (χ0v) is 8.16. The first-order valence-electron chi connectivity index (χ1n) is 4.12. The van der Waals surface area contributed by atoms with E-state index in [4.69, 9.17) is 5.11 Å². The topological polar surface area (TPSA) is 58.0 Å². The normalized spacial score (nSPS) is 10.0. The average Bonchev–Trinajstić information content (AvgIpc) is 2.70. The van der Waals surface area contributed by atoms with E-state index in [0.717, 1.165) is 10.7 Å². The van der Waals surface area contributed by atoms with Gasteiger partial charge in [-0.15, -0.1) is 10.2 Å². The SMILES string of the molecule is Oc1ccc(CNc2nncs2)cc1. The maximum atomic E-state index is 9.07. The van der Waals surface area contributed by atoms with Gasteiger partial charge in [-0.2, -0.15) is 0 Å². The largest absolute Gasteiger partial charge is 0.508 e. The van der Waals surface area contributed by atoms with Crippen LogP contribution in [0.1, 0.15) is 5.56 Å². The molecule has 2 N–H and O–H groups in total. The van der Waals surface area contributed by atoms with Crippen LogP contribution in [0.4, 0.5) is 5.13 Å². The Kier molecular flexibility index (Phi) is 2.60. The monoisotopic (exact) mass is 207 g/mol. The number of nitrogens with zero attached hydrogens (tertiary/aromatic N) is 2. The van der Waals surface area contributed by atoms with Crippen molar-refractivity contribution in [3.8, 4) is 5.75 Å². The van der Waals surface area contributed by atoms with Gasteiger partial charge in [0, 0.05) is 6.54 Å². The number of anilines is 1. The van der Waals surface area contributed by atoms with Crippen LogP contribution in [0.3, 0.4) is 0 Å². The lowest BCUT2D eigenvalue weighted by atomic mass is 10.2. The van der Waals surface area contributed by atoms with Crippen LogP contribution in [-0.2, 0) is 6.54 Å². The second kappa shape index (κ2) is 4.06. The lowest BCUT2D eigenvalue weighted by Crippen LogP contribution is -1.98. The number of nitrogens with one attached hydrogen (secondary N) is 1. The van der Waals surface area contributed by atoms with Gasteiger partial charge in [-0.3, -0.25) is 0 Å². The summed E-state index contributed by atoms with van der Waals surface area (Å²) in [7, 11) is 0. The van der Waals surface area contributed by atoms with Gasteiger partial charge >= 0.3 is 0 Å². The molecule has 1 heterocycles. The van der Waals surface area contributed by atoms with Crippen molar-refractivity contribution in [1.29, 1.82) is 0 Å².